The first-order valence-corrected chi connectivity index (χ1v) is 6.96. The molecule has 114 valence electrons. The molecule has 1 saturated heterocycles. The summed E-state index contributed by atoms with van der Waals surface area (Å²) >= 11 is 0. The molecule has 4 nitrogen and oxygen atoms in total. The summed E-state index contributed by atoms with van der Waals surface area (Å²) in [5, 5.41) is 6.50. The SMILES string of the molecule is C[C@H]1C[C@@H](C(=O)NCC(C)(C)CN(C)C)CCN1.Cl. The van der Waals surface area contributed by atoms with Crippen LogP contribution in [0.1, 0.15) is 33.6 Å². The Hall–Kier alpha value is -0.320. The van der Waals surface area contributed by atoms with Gasteiger partial charge in [0.25, 0.3) is 0 Å². The molecule has 1 amide bonds. The van der Waals surface area contributed by atoms with Crippen LogP contribution in [0.4, 0.5) is 0 Å². The maximum Gasteiger partial charge on any atom is 0.223 e. The van der Waals surface area contributed by atoms with Crippen LogP contribution in [-0.4, -0.2) is 50.6 Å². The molecule has 0 bridgehead atoms. The molecular formula is C14H30ClN3O. The minimum Gasteiger partial charge on any atom is -0.355 e. The highest BCUT2D eigenvalue weighted by Crippen LogP contribution is 2.18. The fourth-order valence-electron chi connectivity index (χ4n) is 2.75. The highest BCUT2D eigenvalue weighted by atomic mass is 35.5. The van der Waals surface area contributed by atoms with Gasteiger partial charge >= 0.3 is 0 Å². The van der Waals surface area contributed by atoms with Gasteiger partial charge in [0.05, 0.1) is 0 Å². The summed E-state index contributed by atoms with van der Waals surface area (Å²) in [5.41, 5.74) is 0.123. The van der Waals surface area contributed by atoms with Crippen LogP contribution in [0.3, 0.4) is 0 Å². The van der Waals surface area contributed by atoms with Gasteiger partial charge in [-0.15, -0.1) is 12.4 Å². The summed E-state index contributed by atoms with van der Waals surface area (Å²) in [4.78, 5) is 14.3. The van der Waals surface area contributed by atoms with Crippen molar-refractivity contribution in [2.45, 2.75) is 39.7 Å². The first kappa shape index (κ1) is 18.7. The van der Waals surface area contributed by atoms with E-state index in [-0.39, 0.29) is 29.6 Å². The molecular weight excluding hydrogens is 262 g/mol. The number of nitrogens with zero attached hydrogens (tertiary/aromatic N) is 1. The molecule has 0 aromatic heterocycles. The van der Waals surface area contributed by atoms with Crippen molar-refractivity contribution in [1.82, 2.24) is 15.5 Å². The van der Waals surface area contributed by atoms with Crippen LogP contribution in [0.2, 0.25) is 0 Å². The zero-order valence-electron chi connectivity index (χ0n) is 13.0. The molecule has 1 heterocycles. The third kappa shape index (κ3) is 7.14. The highest BCUT2D eigenvalue weighted by Gasteiger charge is 2.26. The van der Waals surface area contributed by atoms with Crippen LogP contribution in [0.15, 0.2) is 0 Å². The predicted molar refractivity (Wildman–Crippen MR) is 82.8 cm³/mol. The summed E-state index contributed by atoms with van der Waals surface area (Å²) in [6.07, 6.45) is 1.92. The van der Waals surface area contributed by atoms with Crippen LogP contribution < -0.4 is 10.6 Å². The topological polar surface area (TPSA) is 44.4 Å². The second-order valence-corrected chi connectivity index (χ2v) is 6.70. The zero-order valence-corrected chi connectivity index (χ0v) is 13.8. The van der Waals surface area contributed by atoms with Crippen LogP contribution >= 0.6 is 12.4 Å². The Morgan fingerprint density at radius 2 is 2.05 bits per heavy atom. The number of piperidine rings is 1. The summed E-state index contributed by atoms with van der Waals surface area (Å²) < 4.78 is 0. The minimum atomic E-state index is 0. The summed E-state index contributed by atoms with van der Waals surface area (Å²) in [7, 11) is 4.14. The summed E-state index contributed by atoms with van der Waals surface area (Å²) in [5.74, 6) is 0.423. The molecule has 0 radical (unpaired) electrons. The average molecular weight is 292 g/mol. The van der Waals surface area contributed by atoms with E-state index in [9.17, 15) is 4.79 Å². The lowest BCUT2D eigenvalue weighted by molar-refractivity contribution is -0.126. The normalized spacial score (nSPS) is 23.9. The van der Waals surface area contributed by atoms with Crippen LogP contribution in [-0.2, 0) is 4.79 Å². The van der Waals surface area contributed by atoms with Crippen LogP contribution in [0.25, 0.3) is 0 Å². The molecule has 0 spiro atoms. The Bertz CT molecular complexity index is 282. The van der Waals surface area contributed by atoms with E-state index in [1.807, 2.05) is 0 Å². The minimum absolute atomic E-state index is 0. The first-order chi connectivity index (χ1) is 8.30. The maximum atomic E-state index is 12.1. The molecule has 5 heteroatoms. The van der Waals surface area contributed by atoms with Crippen molar-refractivity contribution in [3.8, 4) is 0 Å². The first-order valence-electron chi connectivity index (χ1n) is 6.96. The van der Waals surface area contributed by atoms with Crippen molar-refractivity contribution < 1.29 is 4.79 Å². The Morgan fingerprint density at radius 1 is 1.42 bits per heavy atom. The summed E-state index contributed by atoms with van der Waals surface area (Å²) in [6, 6.07) is 0.462. The van der Waals surface area contributed by atoms with Crippen molar-refractivity contribution in [3.05, 3.63) is 0 Å². The predicted octanol–water partition coefficient (Wildman–Crippen LogP) is 1.50. The molecule has 0 aromatic rings. The maximum absolute atomic E-state index is 12.1. The Balaban J connectivity index is 0.00000324. The largest absolute Gasteiger partial charge is 0.355 e. The number of nitrogens with one attached hydrogen (secondary N) is 2. The smallest absolute Gasteiger partial charge is 0.223 e. The average Bonchev–Trinajstić information content (AvgIpc) is 2.24. The van der Waals surface area contributed by atoms with E-state index < -0.39 is 0 Å². The van der Waals surface area contributed by atoms with E-state index in [1.165, 1.54) is 0 Å². The van der Waals surface area contributed by atoms with E-state index in [0.717, 1.165) is 32.5 Å². The van der Waals surface area contributed by atoms with E-state index in [2.05, 4.69) is 50.4 Å². The third-order valence-corrected chi connectivity index (χ3v) is 3.48. The lowest BCUT2D eigenvalue weighted by atomic mass is 9.90. The van der Waals surface area contributed by atoms with Crippen LogP contribution in [0.5, 0.6) is 0 Å². The van der Waals surface area contributed by atoms with Crippen LogP contribution in [0, 0.1) is 11.3 Å². The van der Waals surface area contributed by atoms with Crippen molar-refractivity contribution in [2.75, 3.05) is 33.7 Å². The second kappa shape index (κ2) is 8.08. The number of halogens is 1. The molecule has 2 atom stereocenters. The van der Waals surface area contributed by atoms with E-state index in [0.29, 0.717) is 6.04 Å². The fraction of sp³-hybridized carbons (Fsp3) is 0.929. The standard InChI is InChI=1S/C14H29N3O.ClH/c1-11-8-12(6-7-15-11)13(18)16-9-14(2,3)10-17(4)5;/h11-12,15H,6-10H2,1-5H3,(H,16,18);1H/t11-,12-;/m0./s1. The quantitative estimate of drug-likeness (QED) is 0.807. The molecule has 0 saturated carbocycles. The van der Waals surface area contributed by atoms with Gasteiger partial charge in [0.1, 0.15) is 0 Å². The van der Waals surface area contributed by atoms with E-state index in [1.54, 1.807) is 0 Å². The van der Waals surface area contributed by atoms with Gasteiger partial charge in [0, 0.05) is 25.0 Å². The molecule has 1 fully saturated rings. The van der Waals surface area contributed by atoms with Gasteiger partial charge in [-0.2, -0.15) is 0 Å². The highest BCUT2D eigenvalue weighted by molar-refractivity contribution is 5.85. The lowest BCUT2D eigenvalue weighted by Gasteiger charge is -2.31. The molecule has 0 unspecified atom stereocenters. The van der Waals surface area contributed by atoms with Crippen molar-refractivity contribution >= 4 is 18.3 Å². The zero-order chi connectivity index (χ0) is 13.8. The Morgan fingerprint density at radius 3 is 2.58 bits per heavy atom. The molecule has 19 heavy (non-hydrogen) atoms. The van der Waals surface area contributed by atoms with Crippen molar-refractivity contribution in [2.24, 2.45) is 11.3 Å². The summed E-state index contributed by atoms with van der Waals surface area (Å²) in [6.45, 7) is 9.23. The number of hydrogen-bond donors (Lipinski definition) is 2. The number of rotatable bonds is 5. The van der Waals surface area contributed by atoms with Gasteiger partial charge in [-0.05, 0) is 45.8 Å². The second-order valence-electron chi connectivity index (χ2n) is 6.70. The van der Waals surface area contributed by atoms with Crippen molar-refractivity contribution in [3.63, 3.8) is 0 Å². The monoisotopic (exact) mass is 291 g/mol. The lowest BCUT2D eigenvalue weighted by Crippen LogP contribution is -2.45. The van der Waals surface area contributed by atoms with Crippen molar-refractivity contribution in [1.29, 1.82) is 0 Å². The third-order valence-electron chi connectivity index (χ3n) is 3.48. The number of carbonyl (C=O) groups excluding carboxylic acids is 1. The number of hydrogen-bond acceptors (Lipinski definition) is 3. The van der Waals surface area contributed by atoms with Gasteiger partial charge in [0.15, 0.2) is 0 Å². The van der Waals surface area contributed by atoms with Gasteiger partial charge < -0.3 is 15.5 Å². The van der Waals surface area contributed by atoms with E-state index >= 15 is 0 Å². The molecule has 2 N–H and O–H groups in total. The fourth-order valence-corrected chi connectivity index (χ4v) is 2.75. The Kier molecular flexibility index (Phi) is 7.94. The molecule has 1 rings (SSSR count). The molecule has 1 aliphatic rings. The van der Waals surface area contributed by atoms with Gasteiger partial charge in [-0.3, -0.25) is 4.79 Å². The van der Waals surface area contributed by atoms with Gasteiger partial charge in [0.2, 0.25) is 5.91 Å². The Labute approximate surface area is 124 Å². The molecule has 0 aliphatic carbocycles. The van der Waals surface area contributed by atoms with E-state index in [4.69, 9.17) is 0 Å². The van der Waals surface area contributed by atoms with Gasteiger partial charge in [-0.25, -0.2) is 0 Å². The van der Waals surface area contributed by atoms with Gasteiger partial charge in [-0.1, -0.05) is 13.8 Å². The number of amides is 1. The molecule has 1 aliphatic heterocycles. The number of carbonyl (C=O) groups is 1. The molecule has 0 aromatic carbocycles.